The summed E-state index contributed by atoms with van der Waals surface area (Å²) in [4.78, 5) is 30.4. The zero-order chi connectivity index (χ0) is 30.2. The minimum Gasteiger partial charge on any atom is -0.871 e. The number of carbonyl (C=O) groups is 2. The fourth-order valence-corrected chi connectivity index (χ4v) is 8.44. The summed E-state index contributed by atoms with van der Waals surface area (Å²) >= 11 is 0. The third kappa shape index (κ3) is 5.61. The molecule has 7 atom stereocenters. The number of nitrogens with one attached hydrogen (secondary N) is 1. The quantitative estimate of drug-likeness (QED) is 0.265. The zero-order valence-corrected chi connectivity index (χ0v) is 24.5. The van der Waals surface area contributed by atoms with E-state index in [9.17, 15) is 30.2 Å². The summed E-state index contributed by atoms with van der Waals surface area (Å²) in [7, 11) is 1.19. The molecular formula is C31H42N3O8-. The number of ether oxygens (including phenoxy) is 1. The first-order chi connectivity index (χ1) is 20.0. The van der Waals surface area contributed by atoms with Gasteiger partial charge in [-0.05, 0) is 97.7 Å². The standard InChI is InChI=1S/C31H43N3O8/c1-30-12-10-20(16-19(30)5-6-21-22-7-9-27(36)31(22,2)13-11-23(21)30)33-42-17-28(37)32-24(29(38)41-3)14-18-4-8-26(35)25(15-18)34(39)40/h4,8,15-16,21-24,27,35-36,39-40H,5-7,9-14,17H2,1-3H3,(H,32,37)/p-1/t21-,22+,23-,24+,27+,30+,31+/m1/s1. The lowest BCUT2D eigenvalue weighted by Gasteiger charge is -2.57. The van der Waals surface area contributed by atoms with Gasteiger partial charge in [0.15, 0.2) is 6.61 Å². The summed E-state index contributed by atoms with van der Waals surface area (Å²) in [6.45, 7) is 4.30. The second-order valence-electron chi connectivity index (χ2n) is 12.9. The number of nitrogens with zero attached hydrogens (tertiary/aromatic N) is 2. The van der Waals surface area contributed by atoms with Crippen molar-refractivity contribution in [3.8, 4) is 5.75 Å². The number of amides is 1. The van der Waals surface area contributed by atoms with Crippen molar-refractivity contribution in [2.75, 3.05) is 18.9 Å². The van der Waals surface area contributed by atoms with Gasteiger partial charge >= 0.3 is 5.97 Å². The molecule has 0 radical (unpaired) electrons. The number of carbonyl (C=O) groups excluding carboxylic acids is 2. The van der Waals surface area contributed by atoms with E-state index in [0.717, 1.165) is 63.1 Å². The molecule has 230 valence electrons. The van der Waals surface area contributed by atoms with Crippen LogP contribution in [0.2, 0.25) is 0 Å². The second kappa shape index (κ2) is 11.9. The molecule has 0 saturated heterocycles. The number of rotatable bonds is 8. The van der Waals surface area contributed by atoms with Crippen molar-refractivity contribution in [1.82, 2.24) is 5.32 Å². The van der Waals surface area contributed by atoms with Crippen molar-refractivity contribution in [2.24, 2.45) is 33.7 Å². The van der Waals surface area contributed by atoms with Crippen LogP contribution >= 0.6 is 0 Å². The fraction of sp³-hybridized carbons (Fsp3) is 0.645. The summed E-state index contributed by atoms with van der Waals surface area (Å²) in [6, 6.07) is 2.70. The van der Waals surface area contributed by atoms with Crippen LogP contribution < -0.4 is 15.6 Å². The first-order valence-corrected chi connectivity index (χ1v) is 14.9. The Hall–Kier alpha value is -3.15. The molecule has 4 aliphatic rings. The maximum atomic E-state index is 12.6. The van der Waals surface area contributed by atoms with E-state index in [1.54, 1.807) is 0 Å². The molecule has 3 saturated carbocycles. The summed E-state index contributed by atoms with van der Waals surface area (Å²) in [5, 5.41) is 47.5. The fourth-order valence-electron chi connectivity index (χ4n) is 8.44. The molecule has 3 fully saturated rings. The van der Waals surface area contributed by atoms with Crippen LogP contribution in [0.3, 0.4) is 0 Å². The number of esters is 1. The second-order valence-corrected chi connectivity index (χ2v) is 12.9. The first-order valence-electron chi connectivity index (χ1n) is 14.9. The Morgan fingerprint density at radius 3 is 2.67 bits per heavy atom. The van der Waals surface area contributed by atoms with Crippen molar-refractivity contribution < 1.29 is 39.8 Å². The summed E-state index contributed by atoms with van der Waals surface area (Å²) in [5.41, 5.74) is 2.42. The Balaban J connectivity index is 1.19. The number of fused-ring (bicyclic) bond motifs is 5. The van der Waals surface area contributed by atoms with Crippen LogP contribution in [0.5, 0.6) is 5.75 Å². The van der Waals surface area contributed by atoms with E-state index in [2.05, 4.69) is 30.4 Å². The predicted octanol–water partition coefficient (Wildman–Crippen LogP) is 3.24. The van der Waals surface area contributed by atoms with Crippen molar-refractivity contribution in [3.63, 3.8) is 0 Å². The molecule has 4 N–H and O–H groups in total. The van der Waals surface area contributed by atoms with Gasteiger partial charge in [-0.3, -0.25) is 15.2 Å². The molecular weight excluding hydrogens is 542 g/mol. The van der Waals surface area contributed by atoms with Crippen LogP contribution in [0.4, 0.5) is 5.69 Å². The Labute approximate surface area is 246 Å². The Bertz CT molecular complexity index is 1260. The van der Waals surface area contributed by atoms with Gasteiger partial charge in [-0.15, -0.1) is 5.23 Å². The Kier molecular flexibility index (Phi) is 8.55. The van der Waals surface area contributed by atoms with Crippen molar-refractivity contribution in [2.45, 2.75) is 83.8 Å². The van der Waals surface area contributed by atoms with Gasteiger partial charge in [-0.1, -0.05) is 42.5 Å². The summed E-state index contributed by atoms with van der Waals surface area (Å²) in [6.07, 6.45) is 10.1. The van der Waals surface area contributed by atoms with Crippen molar-refractivity contribution in [1.29, 1.82) is 0 Å². The topological polar surface area (TPSA) is 164 Å². The van der Waals surface area contributed by atoms with Crippen LogP contribution in [-0.4, -0.2) is 59.0 Å². The van der Waals surface area contributed by atoms with Crippen LogP contribution in [-0.2, 0) is 25.6 Å². The molecule has 0 aliphatic heterocycles. The largest absolute Gasteiger partial charge is 0.871 e. The minimum absolute atomic E-state index is 0.0418. The van der Waals surface area contributed by atoms with Gasteiger partial charge in [0.2, 0.25) is 0 Å². The lowest BCUT2D eigenvalue weighted by molar-refractivity contribution is -0.268. The maximum Gasteiger partial charge on any atom is 0.328 e. The Morgan fingerprint density at radius 2 is 1.93 bits per heavy atom. The van der Waals surface area contributed by atoms with Gasteiger partial charge < -0.3 is 25.1 Å². The smallest absolute Gasteiger partial charge is 0.328 e. The highest BCUT2D eigenvalue weighted by molar-refractivity contribution is 5.96. The van der Waals surface area contributed by atoms with Crippen molar-refractivity contribution in [3.05, 3.63) is 35.4 Å². The highest BCUT2D eigenvalue weighted by Crippen LogP contribution is 2.65. The van der Waals surface area contributed by atoms with Gasteiger partial charge in [0.05, 0.1) is 24.6 Å². The normalized spacial score (nSPS) is 33.5. The highest BCUT2D eigenvalue weighted by Gasteiger charge is 2.58. The molecule has 0 bridgehead atoms. The molecule has 11 heteroatoms. The Morgan fingerprint density at radius 1 is 1.14 bits per heavy atom. The van der Waals surface area contributed by atoms with Gasteiger partial charge in [0.1, 0.15) is 6.04 Å². The number of methoxy groups -OCH3 is 1. The lowest BCUT2D eigenvalue weighted by atomic mass is 9.47. The molecule has 11 nitrogen and oxygen atoms in total. The number of hydrogen-bond acceptors (Lipinski definition) is 10. The zero-order valence-electron chi connectivity index (χ0n) is 24.5. The average Bonchev–Trinajstić information content (AvgIpc) is 3.27. The van der Waals surface area contributed by atoms with E-state index in [1.807, 2.05) is 0 Å². The molecule has 1 amide bonds. The van der Waals surface area contributed by atoms with Gasteiger partial charge in [0.25, 0.3) is 5.91 Å². The van der Waals surface area contributed by atoms with E-state index >= 15 is 0 Å². The number of hydrogen-bond donors (Lipinski definition) is 4. The van der Waals surface area contributed by atoms with Crippen molar-refractivity contribution >= 4 is 23.3 Å². The first kappa shape index (κ1) is 30.3. The molecule has 5 rings (SSSR count). The van der Waals surface area contributed by atoms with E-state index in [0.29, 0.717) is 23.3 Å². The van der Waals surface area contributed by atoms with Crippen LogP contribution in [0, 0.1) is 28.6 Å². The molecule has 0 unspecified atom stereocenters. The number of allylic oxidation sites excluding steroid dienone is 2. The SMILES string of the molecule is COC(=O)[C@H](Cc1ccc([O-])c(N(O)O)c1)NC(=O)CON=C1C=C2CC[C@H]3[C@@H](CC[C@]4(C)[C@@H](O)CC[C@@H]34)[C@@]2(C)CC1. The van der Waals surface area contributed by atoms with Crippen LogP contribution in [0.15, 0.2) is 35.0 Å². The average molecular weight is 585 g/mol. The van der Waals surface area contributed by atoms with Crippen LogP contribution in [0.25, 0.3) is 0 Å². The number of aliphatic hydroxyl groups excluding tert-OH is 1. The minimum atomic E-state index is -1.08. The van der Waals surface area contributed by atoms with Gasteiger partial charge in [0, 0.05) is 6.42 Å². The number of benzene rings is 1. The van der Waals surface area contributed by atoms with Gasteiger partial charge in [-0.2, -0.15) is 0 Å². The maximum absolute atomic E-state index is 12.6. The summed E-state index contributed by atoms with van der Waals surface area (Å²) in [5.74, 6) is -0.0178. The highest BCUT2D eigenvalue weighted by atomic mass is 16.8. The third-order valence-corrected chi connectivity index (χ3v) is 10.8. The predicted molar refractivity (Wildman–Crippen MR) is 151 cm³/mol. The van der Waals surface area contributed by atoms with E-state index in [4.69, 9.17) is 9.57 Å². The number of aliphatic hydroxyl groups is 1. The van der Waals surface area contributed by atoms with Gasteiger partial charge in [-0.25, -0.2) is 4.79 Å². The van der Waals surface area contributed by atoms with E-state index < -0.39 is 30.3 Å². The molecule has 42 heavy (non-hydrogen) atoms. The molecule has 1 aromatic carbocycles. The molecule has 1 aromatic rings. The molecule has 0 spiro atoms. The van der Waals surface area contributed by atoms with E-state index in [1.165, 1.54) is 24.8 Å². The molecule has 4 aliphatic carbocycles. The van der Waals surface area contributed by atoms with E-state index in [-0.39, 0.29) is 34.3 Å². The third-order valence-electron chi connectivity index (χ3n) is 10.8. The lowest BCUT2D eigenvalue weighted by Crippen LogP contribution is -2.51. The monoisotopic (exact) mass is 584 g/mol. The molecule has 0 aromatic heterocycles. The summed E-state index contributed by atoms with van der Waals surface area (Å²) < 4.78 is 4.80. The number of oxime groups is 1. The van der Waals surface area contributed by atoms with Crippen LogP contribution in [0.1, 0.15) is 70.8 Å². The molecule has 0 heterocycles. The number of anilines is 1.